The maximum atomic E-state index is 4.58. The molecule has 1 aliphatic rings. The van der Waals surface area contributed by atoms with E-state index in [1.54, 1.807) is 6.33 Å². The summed E-state index contributed by atoms with van der Waals surface area (Å²) in [6.45, 7) is 2.72. The molecule has 1 fully saturated rings. The summed E-state index contributed by atoms with van der Waals surface area (Å²) in [7, 11) is 1.96. The Labute approximate surface area is 112 Å². The van der Waals surface area contributed by atoms with Gasteiger partial charge in [-0.15, -0.1) is 10.2 Å². The molecule has 19 heavy (non-hydrogen) atoms. The van der Waals surface area contributed by atoms with Crippen LogP contribution in [0.25, 0.3) is 0 Å². The van der Waals surface area contributed by atoms with E-state index in [1.807, 2.05) is 18.5 Å². The second kappa shape index (κ2) is 5.03. The fourth-order valence-corrected chi connectivity index (χ4v) is 2.64. The van der Waals surface area contributed by atoms with E-state index in [-0.39, 0.29) is 0 Å². The van der Waals surface area contributed by atoms with Gasteiger partial charge in [-0.1, -0.05) is 12.8 Å². The zero-order chi connectivity index (χ0) is 13.2. The largest absolute Gasteiger partial charge is 0.353 e. The Bertz CT molecular complexity index is 549. The van der Waals surface area contributed by atoms with Gasteiger partial charge in [0.25, 0.3) is 0 Å². The summed E-state index contributed by atoms with van der Waals surface area (Å²) in [5, 5.41) is 11.6. The molecular weight excluding hydrogens is 240 g/mol. The molecule has 6 heteroatoms. The van der Waals surface area contributed by atoms with E-state index >= 15 is 0 Å². The molecule has 2 aromatic heterocycles. The highest BCUT2D eigenvalue weighted by molar-refractivity contribution is 5.31. The first-order valence-corrected chi connectivity index (χ1v) is 6.85. The van der Waals surface area contributed by atoms with Gasteiger partial charge in [0.05, 0.1) is 12.2 Å². The van der Waals surface area contributed by atoms with Gasteiger partial charge in [-0.25, -0.2) is 4.98 Å². The van der Waals surface area contributed by atoms with E-state index in [2.05, 4.69) is 31.3 Å². The molecule has 102 valence electrons. The van der Waals surface area contributed by atoms with Crippen molar-refractivity contribution in [2.75, 3.05) is 5.32 Å². The van der Waals surface area contributed by atoms with Crippen molar-refractivity contribution in [3.63, 3.8) is 0 Å². The van der Waals surface area contributed by atoms with Crippen molar-refractivity contribution in [2.45, 2.75) is 45.2 Å². The summed E-state index contributed by atoms with van der Waals surface area (Å²) in [5.74, 6) is 1.89. The molecule has 1 aliphatic carbocycles. The minimum Gasteiger partial charge on any atom is -0.353 e. The fourth-order valence-electron chi connectivity index (χ4n) is 2.64. The third kappa shape index (κ3) is 2.62. The van der Waals surface area contributed by atoms with E-state index in [0.29, 0.717) is 12.6 Å². The molecule has 0 spiro atoms. The van der Waals surface area contributed by atoms with Crippen LogP contribution in [-0.4, -0.2) is 30.4 Å². The third-order valence-corrected chi connectivity index (χ3v) is 3.70. The normalized spacial score (nSPS) is 16.1. The minimum atomic E-state index is 0.569. The molecule has 0 atom stereocenters. The fraction of sp³-hybridized carbons (Fsp3) is 0.615. The molecule has 6 nitrogen and oxygen atoms in total. The molecule has 0 aromatic carbocycles. The van der Waals surface area contributed by atoms with Crippen LogP contribution in [0.4, 0.5) is 5.95 Å². The average Bonchev–Trinajstić information content (AvgIpc) is 3.06. The molecular formula is C13H20N6. The van der Waals surface area contributed by atoms with Crippen LogP contribution in [0, 0.1) is 6.92 Å². The van der Waals surface area contributed by atoms with Gasteiger partial charge < -0.3 is 14.5 Å². The van der Waals surface area contributed by atoms with Crippen LogP contribution in [0.3, 0.4) is 0 Å². The van der Waals surface area contributed by atoms with E-state index in [4.69, 9.17) is 0 Å². The molecule has 0 saturated heterocycles. The number of anilines is 1. The maximum Gasteiger partial charge on any atom is 0.203 e. The number of aryl methyl sites for hydroxylation is 2. The summed E-state index contributed by atoms with van der Waals surface area (Å²) in [4.78, 5) is 4.58. The summed E-state index contributed by atoms with van der Waals surface area (Å²) >= 11 is 0. The topological polar surface area (TPSA) is 60.6 Å². The Hall–Kier alpha value is -1.85. The highest BCUT2D eigenvalue weighted by Gasteiger charge is 2.17. The van der Waals surface area contributed by atoms with Gasteiger partial charge in [0.1, 0.15) is 6.33 Å². The van der Waals surface area contributed by atoms with Gasteiger partial charge in [0.2, 0.25) is 5.95 Å². The lowest BCUT2D eigenvalue weighted by atomic mass is 10.2. The Morgan fingerprint density at radius 3 is 2.84 bits per heavy atom. The van der Waals surface area contributed by atoms with Gasteiger partial charge in [-0.05, 0) is 19.8 Å². The molecule has 0 amide bonds. The number of nitrogens with zero attached hydrogens (tertiary/aromatic N) is 5. The number of nitrogens with one attached hydrogen (secondary N) is 1. The van der Waals surface area contributed by atoms with E-state index in [9.17, 15) is 0 Å². The molecule has 2 aromatic rings. The van der Waals surface area contributed by atoms with Crippen molar-refractivity contribution in [1.82, 2.24) is 24.3 Å². The van der Waals surface area contributed by atoms with Crippen LogP contribution in [-0.2, 0) is 13.6 Å². The van der Waals surface area contributed by atoms with Crippen molar-refractivity contribution in [3.8, 4) is 0 Å². The van der Waals surface area contributed by atoms with E-state index < -0.39 is 0 Å². The highest BCUT2D eigenvalue weighted by Crippen LogP contribution is 2.22. The first kappa shape index (κ1) is 12.2. The van der Waals surface area contributed by atoms with Crippen molar-refractivity contribution in [1.29, 1.82) is 0 Å². The zero-order valence-corrected chi connectivity index (χ0v) is 11.5. The third-order valence-electron chi connectivity index (χ3n) is 3.70. The molecule has 0 bridgehead atoms. The molecule has 0 radical (unpaired) electrons. The second-order valence-corrected chi connectivity index (χ2v) is 5.32. The maximum absolute atomic E-state index is 4.58. The number of rotatable bonds is 4. The summed E-state index contributed by atoms with van der Waals surface area (Å²) in [5.41, 5.74) is 1.03. The Kier molecular flexibility index (Phi) is 3.23. The minimum absolute atomic E-state index is 0.569. The molecule has 0 aliphatic heterocycles. The predicted octanol–water partition coefficient (Wildman–Crippen LogP) is 1.72. The first-order chi connectivity index (χ1) is 9.22. The van der Waals surface area contributed by atoms with E-state index in [0.717, 1.165) is 17.5 Å². The van der Waals surface area contributed by atoms with Gasteiger partial charge >= 0.3 is 0 Å². The van der Waals surface area contributed by atoms with Crippen molar-refractivity contribution in [2.24, 2.45) is 7.05 Å². The van der Waals surface area contributed by atoms with E-state index in [1.165, 1.54) is 25.7 Å². The number of aromatic nitrogens is 5. The monoisotopic (exact) mass is 260 g/mol. The zero-order valence-electron chi connectivity index (χ0n) is 11.5. The predicted molar refractivity (Wildman–Crippen MR) is 72.9 cm³/mol. The van der Waals surface area contributed by atoms with Crippen LogP contribution < -0.4 is 5.32 Å². The summed E-state index contributed by atoms with van der Waals surface area (Å²) < 4.78 is 4.06. The molecule has 3 rings (SSSR count). The highest BCUT2D eigenvalue weighted by atomic mass is 15.3. The molecule has 0 unspecified atom stereocenters. The molecule has 1 saturated carbocycles. The van der Waals surface area contributed by atoms with Gasteiger partial charge in [0.15, 0.2) is 5.82 Å². The Morgan fingerprint density at radius 2 is 2.16 bits per heavy atom. The van der Waals surface area contributed by atoms with Crippen molar-refractivity contribution < 1.29 is 0 Å². The van der Waals surface area contributed by atoms with Crippen LogP contribution in [0.1, 0.15) is 37.2 Å². The summed E-state index contributed by atoms with van der Waals surface area (Å²) in [6, 6.07) is 0.569. The van der Waals surface area contributed by atoms with Crippen LogP contribution >= 0.6 is 0 Å². The van der Waals surface area contributed by atoms with Crippen LogP contribution in [0.2, 0.25) is 0 Å². The lowest BCUT2D eigenvalue weighted by molar-refractivity contribution is 0.678. The number of hydrogen-bond acceptors (Lipinski definition) is 4. The lowest BCUT2D eigenvalue weighted by Crippen LogP contribution is -2.19. The SMILES string of the molecule is Cc1cn(Cc2nncn2C)c(NC2CCCC2)n1. The first-order valence-electron chi connectivity index (χ1n) is 6.85. The average molecular weight is 260 g/mol. The Balaban J connectivity index is 1.78. The van der Waals surface area contributed by atoms with Gasteiger partial charge in [-0.2, -0.15) is 0 Å². The van der Waals surface area contributed by atoms with Gasteiger partial charge in [-0.3, -0.25) is 0 Å². The van der Waals surface area contributed by atoms with Gasteiger partial charge in [0, 0.05) is 19.3 Å². The number of imidazole rings is 1. The molecule has 2 heterocycles. The second-order valence-electron chi connectivity index (χ2n) is 5.32. The van der Waals surface area contributed by atoms with Crippen LogP contribution in [0.15, 0.2) is 12.5 Å². The quantitative estimate of drug-likeness (QED) is 0.909. The van der Waals surface area contributed by atoms with Crippen molar-refractivity contribution in [3.05, 3.63) is 24.0 Å². The standard InChI is InChI=1S/C13H20N6/c1-10-7-19(8-12-17-14-9-18(12)2)13(15-10)16-11-5-3-4-6-11/h7,9,11H,3-6,8H2,1-2H3,(H,15,16). The smallest absolute Gasteiger partial charge is 0.203 e. The summed E-state index contributed by atoms with van der Waals surface area (Å²) in [6.07, 6.45) is 8.92. The van der Waals surface area contributed by atoms with Crippen LogP contribution in [0.5, 0.6) is 0 Å². The molecule has 1 N–H and O–H groups in total. The Morgan fingerprint density at radius 1 is 1.37 bits per heavy atom. The number of hydrogen-bond donors (Lipinski definition) is 1. The van der Waals surface area contributed by atoms with Crippen molar-refractivity contribution >= 4 is 5.95 Å². The lowest BCUT2D eigenvalue weighted by Gasteiger charge is -2.14.